The minimum Gasteiger partial charge on any atom is -0.416 e. The molecule has 0 aliphatic heterocycles. The summed E-state index contributed by atoms with van der Waals surface area (Å²) in [6, 6.07) is 22.4. The number of halogens is 1. The molecule has 4 rings (SSSR count). The fraction of sp³-hybridized carbons (Fsp3) is 0.0455. The Balaban J connectivity index is 1.59. The largest absolute Gasteiger partial charge is 0.416 e. The van der Waals surface area contributed by atoms with Crippen LogP contribution in [0.5, 0.6) is 0 Å². The van der Waals surface area contributed by atoms with Gasteiger partial charge < -0.3 is 9.73 Å². The van der Waals surface area contributed by atoms with E-state index in [1.807, 2.05) is 73.7 Å². The Morgan fingerprint density at radius 2 is 1.68 bits per heavy atom. The summed E-state index contributed by atoms with van der Waals surface area (Å²) in [5.74, 6) is 0.668. The first-order chi connectivity index (χ1) is 13.6. The Morgan fingerprint density at radius 3 is 2.50 bits per heavy atom. The third-order valence-electron chi connectivity index (χ3n) is 4.29. The first-order valence-electron chi connectivity index (χ1n) is 8.67. The molecule has 1 heterocycles. The number of aryl methyl sites for hydroxylation is 1. The molecule has 1 amide bonds. The summed E-state index contributed by atoms with van der Waals surface area (Å²) >= 11 is 3.40. The molecular formula is C22H16BrN3O2. The lowest BCUT2D eigenvalue weighted by Crippen LogP contribution is -2.12. The monoisotopic (exact) mass is 433 g/mol. The molecule has 0 aliphatic rings. The van der Waals surface area contributed by atoms with Crippen molar-refractivity contribution in [3.63, 3.8) is 0 Å². The lowest BCUT2D eigenvalue weighted by molar-refractivity contribution is 0.102. The predicted octanol–water partition coefficient (Wildman–Crippen LogP) is 5.73. The predicted molar refractivity (Wildman–Crippen MR) is 112 cm³/mol. The van der Waals surface area contributed by atoms with Gasteiger partial charge in [0.25, 0.3) is 5.91 Å². The van der Waals surface area contributed by atoms with Gasteiger partial charge in [-0.25, -0.2) is 0 Å². The maximum atomic E-state index is 12.5. The van der Waals surface area contributed by atoms with Gasteiger partial charge in [-0.3, -0.25) is 4.79 Å². The lowest BCUT2D eigenvalue weighted by atomic mass is 10.1. The molecule has 0 radical (unpaired) electrons. The molecule has 0 bridgehead atoms. The van der Waals surface area contributed by atoms with Crippen LogP contribution in [0.3, 0.4) is 0 Å². The van der Waals surface area contributed by atoms with Crippen molar-refractivity contribution < 1.29 is 9.21 Å². The van der Waals surface area contributed by atoms with E-state index in [-0.39, 0.29) is 5.91 Å². The van der Waals surface area contributed by atoms with Crippen LogP contribution in [-0.4, -0.2) is 16.1 Å². The average molecular weight is 434 g/mol. The Kier molecular flexibility index (Phi) is 5.04. The zero-order chi connectivity index (χ0) is 19.5. The van der Waals surface area contributed by atoms with Crippen LogP contribution in [0.4, 0.5) is 5.69 Å². The summed E-state index contributed by atoms with van der Waals surface area (Å²) in [6.07, 6.45) is 0. The third kappa shape index (κ3) is 3.73. The number of aromatic nitrogens is 2. The minimum atomic E-state index is -0.198. The van der Waals surface area contributed by atoms with E-state index in [0.29, 0.717) is 23.0 Å². The second-order valence-corrected chi connectivity index (χ2v) is 7.10. The second kappa shape index (κ2) is 7.78. The molecule has 3 aromatic carbocycles. The third-order valence-corrected chi connectivity index (χ3v) is 4.98. The van der Waals surface area contributed by atoms with Gasteiger partial charge in [-0.05, 0) is 64.8 Å². The number of nitrogens with one attached hydrogen (secondary N) is 1. The second-order valence-electron chi connectivity index (χ2n) is 6.24. The SMILES string of the molecule is Cc1ccccc1-c1nnc(-c2cccc(NC(=O)c3ccccc3Br)c2)o1. The number of benzene rings is 3. The number of amides is 1. The van der Waals surface area contributed by atoms with E-state index < -0.39 is 0 Å². The van der Waals surface area contributed by atoms with Crippen LogP contribution in [0.2, 0.25) is 0 Å². The van der Waals surface area contributed by atoms with E-state index in [4.69, 9.17) is 4.42 Å². The molecule has 0 atom stereocenters. The number of nitrogens with zero attached hydrogens (tertiary/aromatic N) is 2. The Hall–Kier alpha value is -3.25. The van der Waals surface area contributed by atoms with Gasteiger partial charge in [0.2, 0.25) is 11.8 Å². The summed E-state index contributed by atoms with van der Waals surface area (Å²) in [5.41, 5.74) is 3.91. The number of carbonyl (C=O) groups is 1. The van der Waals surface area contributed by atoms with Crippen LogP contribution in [0.25, 0.3) is 22.9 Å². The van der Waals surface area contributed by atoms with Crippen LogP contribution >= 0.6 is 15.9 Å². The molecule has 138 valence electrons. The fourth-order valence-corrected chi connectivity index (χ4v) is 3.30. The Bertz CT molecular complexity index is 1150. The van der Waals surface area contributed by atoms with Crippen molar-refractivity contribution in [3.8, 4) is 22.9 Å². The van der Waals surface area contributed by atoms with Crippen molar-refractivity contribution in [1.82, 2.24) is 10.2 Å². The van der Waals surface area contributed by atoms with Crippen LogP contribution in [0, 0.1) is 6.92 Å². The van der Waals surface area contributed by atoms with E-state index in [1.54, 1.807) is 6.07 Å². The average Bonchev–Trinajstić information content (AvgIpc) is 3.19. The van der Waals surface area contributed by atoms with Gasteiger partial charge in [-0.2, -0.15) is 0 Å². The van der Waals surface area contributed by atoms with Gasteiger partial charge in [0.1, 0.15) is 0 Å². The van der Waals surface area contributed by atoms with E-state index in [2.05, 4.69) is 31.4 Å². The first kappa shape index (κ1) is 18.1. The number of hydrogen-bond donors (Lipinski definition) is 1. The summed E-state index contributed by atoms with van der Waals surface area (Å²) in [7, 11) is 0. The highest BCUT2D eigenvalue weighted by molar-refractivity contribution is 9.10. The smallest absolute Gasteiger partial charge is 0.256 e. The molecule has 0 aliphatic carbocycles. The van der Waals surface area contributed by atoms with Crippen LogP contribution < -0.4 is 5.32 Å². The van der Waals surface area contributed by atoms with E-state index in [9.17, 15) is 4.79 Å². The minimum absolute atomic E-state index is 0.198. The Morgan fingerprint density at radius 1 is 0.929 bits per heavy atom. The summed E-state index contributed by atoms with van der Waals surface area (Å²) in [4.78, 5) is 12.5. The normalized spacial score (nSPS) is 10.6. The van der Waals surface area contributed by atoms with Crippen LogP contribution in [0.15, 0.2) is 81.7 Å². The maximum Gasteiger partial charge on any atom is 0.256 e. The number of hydrogen-bond acceptors (Lipinski definition) is 4. The van der Waals surface area contributed by atoms with E-state index in [0.717, 1.165) is 21.2 Å². The summed E-state index contributed by atoms with van der Waals surface area (Å²) < 4.78 is 6.60. The maximum absolute atomic E-state index is 12.5. The van der Waals surface area contributed by atoms with Gasteiger partial charge in [0.15, 0.2) is 0 Å². The van der Waals surface area contributed by atoms with Crippen LogP contribution in [-0.2, 0) is 0 Å². The van der Waals surface area contributed by atoms with Crippen molar-refractivity contribution >= 4 is 27.5 Å². The van der Waals surface area contributed by atoms with Gasteiger partial charge >= 0.3 is 0 Å². The van der Waals surface area contributed by atoms with Gasteiger partial charge in [-0.1, -0.05) is 36.4 Å². The molecule has 1 aromatic heterocycles. The first-order valence-corrected chi connectivity index (χ1v) is 9.47. The van der Waals surface area contributed by atoms with Crippen LogP contribution in [0.1, 0.15) is 15.9 Å². The zero-order valence-corrected chi connectivity index (χ0v) is 16.6. The molecule has 0 unspecified atom stereocenters. The molecule has 0 fully saturated rings. The molecule has 5 nitrogen and oxygen atoms in total. The molecular weight excluding hydrogens is 418 g/mol. The summed E-state index contributed by atoms with van der Waals surface area (Å²) in [6.45, 7) is 2.00. The fourth-order valence-electron chi connectivity index (χ4n) is 2.84. The highest BCUT2D eigenvalue weighted by atomic mass is 79.9. The highest BCUT2D eigenvalue weighted by Crippen LogP contribution is 2.27. The molecule has 4 aromatic rings. The van der Waals surface area contributed by atoms with E-state index >= 15 is 0 Å². The molecule has 1 N–H and O–H groups in total. The van der Waals surface area contributed by atoms with Crippen molar-refractivity contribution in [2.75, 3.05) is 5.32 Å². The van der Waals surface area contributed by atoms with Crippen molar-refractivity contribution in [2.24, 2.45) is 0 Å². The highest BCUT2D eigenvalue weighted by Gasteiger charge is 2.14. The zero-order valence-electron chi connectivity index (χ0n) is 15.0. The number of carbonyl (C=O) groups excluding carboxylic acids is 1. The summed E-state index contributed by atoms with van der Waals surface area (Å²) in [5, 5.41) is 11.2. The van der Waals surface area contributed by atoms with Crippen molar-refractivity contribution in [1.29, 1.82) is 0 Å². The quantitative estimate of drug-likeness (QED) is 0.446. The van der Waals surface area contributed by atoms with Gasteiger partial charge in [0.05, 0.1) is 5.56 Å². The standard InChI is InChI=1S/C22H16BrN3O2/c1-14-7-2-3-10-17(14)22-26-25-21(28-22)15-8-6-9-16(13-15)24-20(27)18-11-4-5-12-19(18)23/h2-13H,1H3,(H,24,27). The molecule has 0 saturated carbocycles. The molecule has 6 heteroatoms. The number of rotatable bonds is 4. The molecule has 0 saturated heterocycles. The van der Waals surface area contributed by atoms with Crippen molar-refractivity contribution in [2.45, 2.75) is 6.92 Å². The number of anilines is 1. The van der Waals surface area contributed by atoms with Gasteiger partial charge in [0, 0.05) is 21.3 Å². The molecule has 0 spiro atoms. The Labute approximate surface area is 170 Å². The van der Waals surface area contributed by atoms with E-state index in [1.165, 1.54) is 0 Å². The topological polar surface area (TPSA) is 68.0 Å². The van der Waals surface area contributed by atoms with Gasteiger partial charge in [-0.15, -0.1) is 10.2 Å². The lowest BCUT2D eigenvalue weighted by Gasteiger charge is -2.07. The molecule has 28 heavy (non-hydrogen) atoms. The van der Waals surface area contributed by atoms with Crippen molar-refractivity contribution in [3.05, 3.63) is 88.4 Å².